The van der Waals surface area contributed by atoms with Gasteiger partial charge in [0.1, 0.15) is 5.75 Å². The van der Waals surface area contributed by atoms with Crippen LogP contribution in [0.2, 0.25) is 0 Å². The van der Waals surface area contributed by atoms with Crippen LogP contribution in [-0.4, -0.2) is 11.7 Å². The second-order valence-corrected chi connectivity index (χ2v) is 3.01. The monoisotopic (exact) mass is 178 g/mol. The molecule has 0 radical (unpaired) electrons. The number of phenolic OH excluding ortho intramolecular Hbond substituents is 1. The van der Waals surface area contributed by atoms with Crippen LogP contribution in [0.1, 0.15) is 18.4 Å². The van der Waals surface area contributed by atoms with Gasteiger partial charge in [0.2, 0.25) is 0 Å². The van der Waals surface area contributed by atoms with E-state index in [4.69, 9.17) is 10.6 Å². The van der Waals surface area contributed by atoms with Gasteiger partial charge in [0.25, 0.3) is 0 Å². The molecule has 0 spiro atoms. The second-order valence-electron chi connectivity index (χ2n) is 3.01. The lowest BCUT2D eigenvalue weighted by Crippen LogP contribution is -1.86. The quantitative estimate of drug-likeness (QED) is 0.528. The first-order valence-corrected chi connectivity index (χ1v) is 4.44. The van der Waals surface area contributed by atoms with E-state index in [1.54, 1.807) is 12.1 Å². The van der Waals surface area contributed by atoms with E-state index in [2.05, 4.69) is 5.11 Å². The van der Waals surface area contributed by atoms with E-state index in [1.165, 1.54) is 5.56 Å². The summed E-state index contributed by atoms with van der Waals surface area (Å²) in [6, 6.07) is 7.24. The first-order valence-electron chi connectivity index (χ1n) is 4.44. The molecular weight excluding hydrogens is 164 g/mol. The Balaban J connectivity index is 2.28. The van der Waals surface area contributed by atoms with E-state index in [1.807, 2.05) is 12.1 Å². The highest BCUT2D eigenvalue weighted by Gasteiger charge is 1.93. The second kappa shape index (κ2) is 5.30. The lowest BCUT2D eigenvalue weighted by Gasteiger charge is -1.99. The summed E-state index contributed by atoms with van der Waals surface area (Å²) in [5.74, 6) is 0.310. The number of phenols is 1. The lowest BCUT2D eigenvalue weighted by molar-refractivity contribution is 0.475. The maximum absolute atomic E-state index is 9.03. The summed E-state index contributed by atoms with van der Waals surface area (Å²) in [4.78, 5) is 0. The number of hydrogen-bond donors (Lipinski definition) is 2. The van der Waals surface area contributed by atoms with Crippen LogP contribution in [0.5, 0.6) is 5.75 Å². The Morgan fingerprint density at radius 1 is 1.15 bits per heavy atom. The largest absolute Gasteiger partial charge is 0.508 e. The molecule has 13 heavy (non-hydrogen) atoms. The molecule has 1 aromatic rings. The average Bonchev–Trinajstić information content (AvgIpc) is 2.15. The van der Waals surface area contributed by atoms with Crippen LogP contribution in [0.15, 0.2) is 29.4 Å². The smallest absolute Gasteiger partial charge is 0.115 e. The van der Waals surface area contributed by atoms with Crippen LogP contribution in [-0.2, 0) is 6.42 Å². The summed E-state index contributed by atoms with van der Waals surface area (Å²) in [7, 11) is 0. The molecule has 0 atom stereocenters. The Labute approximate surface area is 77.9 Å². The molecule has 0 amide bonds. The number of benzene rings is 1. The van der Waals surface area contributed by atoms with Gasteiger partial charge in [-0.15, -0.1) is 0 Å². The van der Waals surface area contributed by atoms with Gasteiger partial charge in [-0.3, -0.25) is 0 Å². The highest BCUT2D eigenvalue weighted by atomic mass is 16.3. The van der Waals surface area contributed by atoms with Crippen LogP contribution >= 0.6 is 0 Å². The Morgan fingerprint density at radius 3 is 2.46 bits per heavy atom. The summed E-state index contributed by atoms with van der Waals surface area (Å²) >= 11 is 0. The standard InChI is InChI=1S/C10H14N2O/c11-12-8-2-1-3-9-4-6-10(13)7-5-9/h4-7,11,13H,1-3,8H2. The van der Waals surface area contributed by atoms with Gasteiger partial charge in [-0.25, -0.2) is 5.53 Å². The molecule has 3 heteroatoms. The Morgan fingerprint density at radius 2 is 1.85 bits per heavy atom. The molecule has 0 aromatic heterocycles. The normalized spacial score (nSPS) is 9.85. The maximum atomic E-state index is 9.03. The van der Waals surface area contributed by atoms with Gasteiger partial charge in [0.05, 0.1) is 6.54 Å². The van der Waals surface area contributed by atoms with Crippen molar-refractivity contribution in [3.8, 4) is 5.75 Å². The van der Waals surface area contributed by atoms with Crippen LogP contribution in [0.3, 0.4) is 0 Å². The van der Waals surface area contributed by atoms with Crippen LogP contribution in [0.4, 0.5) is 0 Å². The van der Waals surface area contributed by atoms with Gasteiger partial charge in [0.15, 0.2) is 0 Å². The molecule has 0 saturated heterocycles. The fourth-order valence-corrected chi connectivity index (χ4v) is 1.18. The SMILES string of the molecule is N=NCCCCc1ccc(O)cc1. The van der Waals surface area contributed by atoms with E-state index < -0.39 is 0 Å². The predicted octanol–water partition coefficient (Wildman–Crippen LogP) is 2.75. The van der Waals surface area contributed by atoms with Crippen LogP contribution in [0.25, 0.3) is 0 Å². The molecule has 2 N–H and O–H groups in total. The van der Waals surface area contributed by atoms with Gasteiger partial charge < -0.3 is 5.11 Å². The van der Waals surface area contributed by atoms with Crippen molar-refractivity contribution in [3.05, 3.63) is 29.8 Å². The molecule has 0 fully saturated rings. The van der Waals surface area contributed by atoms with Crippen LogP contribution < -0.4 is 0 Å². The third kappa shape index (κ3) is 3.69. The zero-order valence-electron chi connectivity index (χ0n) is 7.53. The topological polar surface area (TPSA) is 56.4 Å². The predicted molar refractivity (Wildman–Crippen MR) is 51.1 cm³/mol. The Kier molecular flexibility index (Phi) is 3.96. The van der Waals surface area contributed by atoms with Crippen molar-refractivity contribution in [1.82, 2.24) is 0 Å². The van der Waals surface area contributed by atoms with Gasteiger partial charge in [-0.2, -0.15) is 5.11 Å². The van der Waals surface area contributed by atoms with Crippen LogP contribution in [0, 0.1) is 5.53 Å². The number of aromatic hydroxyl groups is 1. The van der Waals surface area contributed by atoms with Gasteiger partial charge in [0, 0.05) is 0 Å². The molecule has 3 nitrogen and oxygen atoms in total. The van der Waals surface area contributed by atoms with Crippen molar-refractivity contribution in [2.75, 3.05) is 6.54 Å². The summed E-state index contributed by atoms with van der Waals surface area (Å²) in [5, 5.41) is 12.3. The summed E-state index contributed by atoms with van der Waals surface area (Å²) in [5.41, 5.74) is 7.83. The van der Waals surface area contributed by atoms with Crippen molar-refractivity contribution in [1.29, 1.82) is 5.53 Å². The first-order chi connectivity index (χ1) is 6.33. The highest BCUT2D eigenvalue weighted by molar-refractivity contribution is 5.25. The molecule has 0 aliphatic heterocycles. The van der Waals surface area contributed by atoms with Crippen molar-refractivity contribution >= 4 is 0 Å². The Bertz CT molecular complexity index is 256. The van der Waals surface area contributed by atoms with E-state index in [0.29, 0.717) is 12.3 Å². The fourth-order valence-electron chi connectivity index (χ4n) is 1.18. The third-order valence-corrected chi connectivity index (χ3v) is 1.92. The molecule has 1 rings (SSSR count). The summed E-state index contributed by atoms with van der Waals surface area (Å²) in [6.45, 7) is 0.623. The van der Waals surface area contributed by atoms with Crippen molar-refractivity contribution in [3.63, 3.8) is 0 Å². The van der Waals surface area contributed by atoms with E-state index in [-0.39, 0.29) is 0 Å². The lowest BCUT2D eigenvalue weighted by atomic mass is 10.1. The number of rotatable bonds is 5. The van der Waals surface area contributed by atoms with Crippen molar-refractivity contribution in [2.24, 2.45) is 5.11 Å². The molecule has 0 aliphatic rings. The Hall–Kier alpha value is -1.38. The summed E-state index contributed by atoms with van der Waals surface area (Å²) in [6.07, 6.45) is 3.01. The van der Waals surface area contributed by atoms with Gasteiger partial charge in [-0.1, -0.05) is 12.1 Å². The third-order valence-electron chi connectivity index (χ3n) is 1.92. The molecule has 1 aromatic carbocycles. The molecule has 0 saturated carbocycles. The molecule has 0 heterocycles. The fraction of sp³-hybridized carbons (Fsp3) is 0.400. The number of aryl methyl sites for hydroxylation is 1. The molecule has 0 unspecified atom stereocenters. The average molecular weight is 178 g/mol. The summed E-state index contributed by atoms with van der Waals surface area (Å²) < 4.78 is 0. The van der Waals surface area contributed by atoms with Crippen molar-refractivity contribution < 1.29 is 5.11 Å². The number of hydrogen-bond acceptors (Lipinski definition) is 3. The maximum Gasteiger partial charge on any atom is 0.115 e. The van der Waals surface area contributed by atoms with E-state index in [9.17, 15) is 0 Å². The minimum atomic E-state index is 0.310. The molecule has 0 aliphatic carbocycles. The number of nitrogens with one attached hydrogen (secondary N) is 1. The number of nitrogens with zero attached hydrogens (tertiary/aromatic N) is 1. The van der Waals surface area contributed by atoms with E-state index in [0.717, 1.165) is 19.3 Å². The molecule has 70 valence electrons. The first kappa shape index (κ1) is 9.71. The minimum absolute atomic E-state index is 0.310. The van der Waals surface area contributed by atoms with Gasteiger partial charge in [-0.05, 0) is 37.0 Å². The minimum Gasteiger partial charge on any atom is -0.508 e. The highest BCUT2D eigenvalue weighted by Crippen LogP contribution is 2.11. The molecular formula is C10H14N2O. The van der Waals surface area contributed by atoms with E-state index >= 15 is 0 Å². The zero-order valence-corrected chi connectivity index (χ0v) is 7.53. The zero-order chi connectivity index (χ0) is 9.52. The van der Waals surface area contributed by atoms with Crippen molar-refractivity contribution in [2.45, 2.75) is 19.3 Å². The number of unbranched alkanes of at least 4 members (excludes halogenated alkanes) is 1. The van der Waals surface area contributed by atoms with Gasteiger partial charge >= 0.3 is 0 Å². The molecule has 0 bridgehead atoms.